The maximum atomic E-state index is 12.2. The van der Waals surface area contributed by atoms with Crippen molar-refractivity contribution in [2.45, 2.75) is 13.1 Å². The molecule has 0 saturated carbocycles. The second-order valence-electron chi connectivity index (χ2n) is 8.34. The number of amides is 2. The van der Waals surface area contributed by atoms with E-state index in [1.165, 1.54) is 0 Å². The number of fused-ring (bicyclic) bond motifs is 1. The quantitative estimate of drug-likeness (QED) is 0.170. The summed E-state index contributed by atoms with van der Waals surface area (Å²) >= 11 is 21.9. The highest BCUT2D eigenvalue weighted by Crippen LogP contribution is 2.30. The molecule has 0 aliphatic rings. The van der Waals surface area contributed by atoms with Crippen LogP contribution in [0.2, 0.25) is 15.1 Å². The van der Waals surface area contributed by atoms with E-state index in [0.717, 1.165) is 32.7 Å². The Hall–Kier alpha value is -3.30. The van der Waals surface area contributed by atoms with Crippen LogP contribution >= 0.6 is 50.7 Å². The fourth-order valence-electron chi connectivity index (χ4n) is 3.77. The van der Waals surface area contributed by atoms with E-state index in [4.69, 9.17) is 39.8 Å². The topological polar surface area (TPSA) is 83.3 Å². The van der Waals surface area contributed by atoms with Crippen molar-refractivity contribution in [2.75, 3.05) is 10.6 Å². The zero-order chi connectivity index (χ0) is 26.6. The van der Waals surface area contributed by atoms with Crippen molar-refractivity contribution >= 4 is 73.9 Å². The number of carbonyl (C=O) groups excluding carboxylic acids is 1. The highest BCUT2D eigenvalue weighted by Gasteiger charge is 2.13. The second-order valence-corrected chi connectivity index (χ2v) is 10.4. The van der Waals surface area contributed by atoms with Crippen molar-refractivity contribution in [1.82, 2.24) is 19.9 Å². The molecule has 7 nitrogen and oxygen atoms in total. The molecule has 5 aromatic rings. The molecule has 2 aromatic heterocycles. The molecule has 0 aliphatic carbocycles. The minimum atomic E-state index is -0.337. The van der Waals surface area contributed by atoms with E-state index in [0.29, 0.717) is 39.5 Å². The lowest BCUT2D eigenvalue weighted by atomic mass is 10.1. The van der Waals surface area contributed by atoms with Crippen LogP contribution in [0.4, 0.5) is 16.3 Å². The number of nitrogens with zero attached hydrogens (tertiary/aromatic N) is 3. The Morgan fingerprint density at radius 2 is 1.61 bits per heavy atom. The third-order valence-electron chi connectivity index (χ3n) is 5.71. The van der Waals surface area contributed by atoms with Crippen LogP contribution in [0.1, 0.15) is 11.1 Å². The molecule has 0 fully saturated rings. The van der Waals surface area contributed by atoms with Crippen molar-refractivity contribution < 1.29 is 4.79 Å². The van der Waals surface area contributed by atoms with Gasteiger partial charge in [-0.05, 0) is 51.3 Å². The average Bonchev–Trinajstić information content (AvgIpc) is 3.29. The summed E-state index contributed by atoms with van der Waals surface area (Å²) in [6.45, 7) is 0.929. The number of halogens is 4. The summed E-state index contributed by atoms with van der Waals surface area (Å²) < 4.78 is 2.53. The Bertz CT molecular complexity index is 1620. The van der Waals surface area contributed by atoms with E-state index >= 15 is 0 Å². The number of nitrogens with one attached hydrogen (secondary N) is 3. The lowest BCUT2D eigenvalue weighted by molar-refractivity contribution is 0.251. The minimum absolute atomic E-state index is 0.337. The third kappa shape index (κ3) is 6.05. The number of urea groups is 1. The van der Waals surface area contributed by atoms with Gasteiger partial charge >= 0.3 is 6.03 Å². The van der Waals surface area contributed by atoms with Crippen LogP contribution in [0.3, 0.4) is 0 Å². The standard InChI is InChI=1S/C27H20BrCl3N6O/c28-20-15-34-37-25(12-24(36-26(20)37)19-3-1-2-4-21(19)29)32-13-16-5-7-17(8-6-16)14-33-27(38)35-18-9-10-22(30)23(31)11-18/h1-12,15,32H,13-14H2,(H2,33,35,38). The number of carbonyl (C=O) groups is 1. The van der Waals surface area contributed by atoms with E-state index in [9.17, 15) is 4.79 Å². The number of hydrogen-bond donors (Lipinski definition) is 3. The minimum Gasteiger partial charge on any atom is -0.366 e. The molecule has 3 N–H and O–H groups in total. The molecule has 0 spiro atoms. The fraction of sp³-hybridized carbons (Fsp3) is 0.0741. The lowest BCUT2D eigenvalue weighted by Crippen LogP contribution is -2.28. The molecule has 2 heterocycles. The molecule has 192 valence electrons. The summed E-state index contributed by atoms with van der Waals surface area (Å²) in [6.07, 6.45) is 1.71. The first-order chi connectivity index (χ1) is 18.4. The van der Waals surface area contributed by atoms with E-state index in [1.54, 1.807) is 28.9 Å². The number of anilines is 2. The third-order valence-corrected chi connectivity index (χ3v) is 7.33. The average molecular weight is 631 g/mol. The van der Waals surface area contributed by atoms with Crippen LogP contribution in [0, 0.1) is 0 Å². The normalized spacial score (nSPS) is 10.9. The van der Waals surface area contributed by atoms with Crippen molar-refractivity contribution in [3.8, 4) is 11.3 Å². The summed E-state index contributed by atoms with van der Waals surface area (Å²) in [5.74, 6) is 0.778. The van der Waals surface area contributed by atoms with Gasteiger partial charge in [0, 0.05) is 35.4 Å². The predicted octanol–water partition coefficient (Wildman–Crippen LogP) is 8.05. The summed E-state index contributed by atoms with van der Waals surface area (Å²) in [4.78, 5) is 17.0. The molecule has 0 saturated heterocycles. The van der Waals surface area contributed by atoms with Gasteiger partial charge in [-0.2, -0.15) is 9.61 Å². The smallest absolute Gasteiger partial charge is 0.319 e. The van der Waals surface area contributed by atoms with Gasteiger partial charge in [0.1, 0.15) is 5.82 Å². The van der Waals surface area contributed by atoms with E-state index < -0.39 is 0 Å². The van der Waals surface area contributed by atoms with Crippen molar-refractivity contribution in [3.05, 3.63) is 110 Å². The predicted molar refractivity (Wildman–Crippen MR) is 157 cm³/mol. The van der Waals surface area contributed by atoms with Gasteiger partial charge in [-0.15, -0.1) is 0 Å². The summed E-state index contributed by atoms with van der Waals surface area (Å²) in [5.41, 5.74) is 4.85. The Balaban J connectivity index is 1.23. The van der Waals surface area contributed by atoms with Crippen LogP contribution in [-0.2, 0) is 13.1 Å². The zero-order valence-electron chi connectivity index (χ0n) is 19.7. The van der Waals surface area contributed by atoms with Gasteiger partial charge in [-0.25, -0.2) is 9.78 Å². The molecular weight excluding hydrogens is 611 g/mol. The highest BCUT2D eigenvalue weighted by molar-refractivity contribution is 9.10. The van der Waals surface area contributed by atoms with Crippen LogP contribution < -0.4 is 16.0 Å². The molecule has 0 bridgehead atoms. The maximum absolute atomic E-state index is 12.2. The molecule has 2 amide bonds. The first kappa shape index (κ1) is 26.3. The molecule has 0 atom stereocenters. The van der Waals surface area contributed by atoms with Gasteiger partial charge in [-0.3, -0.25) is 0 Å². The lowest BCUT2D eigenvalue weighted by Gasteiger charge is -2.12. The number of rotatable bonds is 7. The Morgan fingerprint density at radius 1 is 0.868 bits per heavy atom. The summed E-state index contributed by atoms with van der Waals surface area (Å²) in [7, 11) is 0. The number of benzene rings is 3. The second kappa shape index (κ2) is 11.6. The van der Waals surface area contributed by atoms with Gasteiger partial charge < -0.3 is 16.0 Å². The molecule has 11 heteroatoms. The molecule has 5 rings (SSSR count). The zero-order valence-corrected chi connectivity index (χ0v) is 23.5. The van der Waals surface area contributed by atoms with Crippen molar-refractivity contribution in [3.63, 3.8) is 0 Å². The SMILES string of the molecule is O=C(NCc1ccc(CNc2cc(-c3ccccc3Cl)nc3c(Br)cnn23)cc1)Nc1ccc(Cl)c(Cl)c1. The van der Waals surface area contributed by atoms with Gasteiger partial charge in [0.25, 0.3) is 0 Å². The van der Waals surface area contributed by atoms with Crippen LogP contribution in [0.15, 0.2) is 83.5 Å². The van der Waals surface area contributed by atoms with Gasteiger partial charge in [0.2, 0.25) is 0 Å². The summed E-state index contributed by atoms with van der Waals surface area (Å²) in [5, 5.41) is 14.9. The van der Waals surface area contributed by atoms with Crippen molar-refractivity contribution in [2.24, 2.45) is 0 Å². The first-order valence-electron chi connectivity index (χ1n) is 11.5. The van der Waals surface area contributed by atoms with E-state index in [2.05, 4.69) is 37.0 Å². The number of hydrogen-bond acceptors (Lipinski definition) is 4. The molecule has 0 radical (unpaired) electrons. The first-order valence-corrected chi connectivity index (χ1v) is 13.4. The molecule has 0 unspecified atom stereocenters. The number of aromatic nitrogens is 3. The van der Waals surface area contributed by atoms with E-state index in [1.807, 2.05) is 54.6 Å². The molecule has 3 aromatic carbocycles. The monoisotopic (exact) mass is 628 g/mol. The van der Waals surface area contributed by atoms with Crippen LogP contribution in [0.5, 0.6) is 0 Å². The molecule has 38 heavy (non-hydrogen) atoms. The van der Waals surface area contributed by atoms with Gasteiger partial charge in [0.15, 0.2) is 5.65 Å². The fourth-order valence-corrected chi connectivity index (χ4v) is 4.65. The van der Waals surface area contributed by atoms with Gasteiger partial charge in [-0.1, -0.05) is 77.3 Å². The van der Waals surface area contributed by atoms with E-state index in [-0.39, 0.29) is 6.03 Å². The van der Waals surface area contributed by atoms with Crippen molar-refractivity contribution in [1.29, 1.82) is 0 Å². The largest absolute Gasteiger partial charge is 0.366 e. The van der Waals surface area contributed by atoms with Crippen LogP contribution in [0.25, 0.3) is 16.9 Å². The molecular formula is C27H20BrCl3N6O. The molecule has 0 aliphatic heterocycles. The van der Waals surface area contributed by atoms with Gasteiger partial charge in [0.05, 0.1) is 26.4 Å². The maximum Gasteiger partial charge on any atom is 0.319 e. The van der Waals surface area contributed by atoms with Crippen LogP contribution in [-0.4, -0.2) is 20.6 Å². The Labute approximate surface area is 242 Å². The highest BCUT2D eigenvalue weighted by atomic mass is 79.9. The summed E-state index contributed by atoms with van der Waals surface area (Å²) in [6, 6.07) is 22.1. The Morgan fingerprint density at radius 3 is 2.34 bits per heavy atom. The Kier molecular flexibility index (Phi) is 8.04.